The molecule has 0 fully saturated rings. The quantitative estimate of drug-likeness (QED) is 0.730. The van der Waals surface area contributed by atoms with E-state index in [1.807, 2.05) is 0 Å². The number of carboxylic acids is 1. The minimum Gasteiger partial charge on any atom is -0.480 e. The Kier molecular flexibility index (Phi) is 5.44. The van der Waals surface area contributed by atoms with Crippen LogP contribution in [0.3, 0.4) is 0 Å². The number of halogens is 1. The summed E-state index contributed by atoms with van der Waals surface area (Å²) < 4.78 is 12.9. The van der Waals surface area contributed by atoms with Gasteiger partial charge in [-0.2, -0.15) is 0 Å². The Bertz CT molecular complexity index is 463. The molecule has 0 heterocycles. The van der Waals surface area contributed by atoms with Gasteiger partial charge in [-0.1, -0.05) is 19.9 Å². The highest BCUT2D eigenvalue weighted by Crippen LogP contribution is 2.08. The molecule has 0 saturated carbocycles. The van der Waals surface area contributed by atoms with E-state index in [9.17, 15) is 14.0 Å². The van der Waals surface area contributed by atoms with E-state index in [0.717, 1.165) is 0 Å². The number of hydrogen-bond acceptors (Lipinski definition) is 3. The maximum Gasteiger partial charge on any atom is 0.320 e. The number of benzene rings is 1. The zero-order chi connectivity index (χ0) is 14.4. The summed E-state index contributed by atoms with van der Waals surface area (Å²) in [5.41, 5.74) is 0.336. The van der Waals surface area contributed by atoms with Crippen molar-refractivity contribution < 1.29 is 19.1 Å². The summed E-state index contributed by atoms with van der Waals surface area (Å²) >= 11 is 0. The van der Waals surface area contributed by atoms with E-state index >= 15 is 0 Å². The number of carbonyl (C=O) groups excluding carboxylic acids is 1. The van der Waals surface area contributed by atoms with Gasteiger partial charge in [-0.05, 0) is 24.1 Å². The number of carboxylic acid groups (broad SMARTS) is 1. The van der Waals surface area contributed by atoms with Crippen LogP contribution in [0, 0.1) is 11.7 Å². The first-order valence-corrected chi connectivity index (χ1v) is 5.91. The standard InChI is InChI=1S/C13H17FN2O3/c1-8(2)12(13(18)19)15-7-11(17)16-10-5-3-4-9(14)6-10/h3-6,8,12,15H,7H2,1-2H3,(H,16,17)(H,18,19). The van der Waals surface area contributed by atoms with E-state index in [1.54, 1.807) is 19.9 Å². The average Bonchev–Trinajstić information content (AvgIpc) is 2.27. The lowest BCUT2D eigenvalue weighted by molar-refractivity contribution is -0.140. The van der Waals surface area contributed by atoms with Gasteiger partial charge in [-0.15, -0.1) is 0 Å². The fourth-order valence-electron chi connectivity index (χ4n) is 1.58. The molecule has 0 bridgehead atoms. The molecule has 1 rings (SSSR count). The second-order valence-electron chi connectivity index (χ2n) is 4.50. The lowest BCUT2D eigenvalue weighted by atomic mass is 10.1. The lowest BCUT2D eigenvalue weighted by Crippen LogP contribution is -2.44. The number of anilines is 1. The van der Waals surface area contributed by atoms with Crippen molar-refractivity contribution in [1.29, 1.82) is 0 Å². The Morgan fingerprint density at radius 3 is 2.58 bits per heavy atom. The molecule has 0 aliphatic rings. The lowest BCUT2D eigenvalue weighted by Gasteiger charge is -2.17. The molecule has 3 N–H and O–H groups in total. The van der Waals surface area contributed by atoms with Gasteiger partial charge >= 0.3 is 5.97 Å². The largest absolute Gasteiger partial charge is 0.480 e. The molecule has 1 atom stereocenters. The van der Waals surface area contributed by atoms with E-state index in [1.165, 1.54) is 18.2 Å². The molecule has 19 heavy (non-hydrogen) atoms. The first kappa shape index (κ1) is 15.1. The second-order valence-corrected chi connectivity index (χ2v) is 4.50. The average molecular weight is 268 g/mol. The van der Waals surface area contributed by atoms with Crippen molar-refractivity contribution in [3.8, 4) is 0 Å². The number of hydrogen-bond donors (Lipinski definition) is 3. The summed E-state index contributed by atoms with van der Waals surface area (Å²) in [6.45, 7) is 3.35. The first-order valence-electron chi connectivity index (χ1n) is 5.91. The number of carbonyl (C=O) groups is 2. The molecule has 0 aliphatic carbocycles. The van der Waals surface area contributed by atoms with Crippen LogP contribution in [0.4, 0.5) is 10.1 Å². The summed E-state index contributed by atoms with van der Waals surface area (Å²) in [4.78, 5) is 22.5. The summed E-state index contributed by atoms with van der Waals surface area (Å²) in [7, 11) is 0. The maximum atomic E-state index is 12.9. The Labute approximate surface area is 110 Å². The summed E-state index contributed by atoms with van der Waals surface area (Å²) in [6.07, 6.45) is 0. The molecule has 6 heteroatoms. The molecule has 0 aromatic heterocycles. The van der Waals surface area contributed by atoms with Crippen LogP contribution in [0.1, 0.15) is 13.8 Å². The molecule has 1 aromatic carbocycles. The van der Waals surface area contributed by atoms with Crippen molar-refractivity contribution in [1.82, 2.24) is 5.32 Å². The SMILES string of the molecule is CC(C)C(NCC(=O)Nc1cccc(F)c1)C(=O)O. The minimum absolute atomic E-state index is 0.139. The van der Waals surface area contributed by atoms with Crippen LogP contribution >= 0.6 is 0 Å². The van der Waals surface area contributed by atoms with Gasteiger partial charge in [0.05, 0.1) is 6.54 Å². The molecular weight excluding hydrogens is 251 g/mol. The fourth-order valence-corrected chi connectivity index (χ4v) is 1.58. The van der Waals surface area contributed by atoms with E-state index in [0.29, 0.717) is 5.69 Å². The highest BCUT2D eigenvalue weighted by atomic mass is 19.1. The van der Waals surface area contributed by atoms with Crippen LogP contribution in [0.15, 0.2) is 24.3 Å². The molecule has 0 radical (unpaired) electrons. The first-order chi connectivity index (χ1) is 8.90. The van der Waals surface area contributed by atoms with Crippen LogP contribution < -0.4 is 10.6 Å². The molecule has 104 valence electrons. The molecule has 1 amide bonds. The predicted octanol–water partition coefficient (Wildman–Crippen LogP) is 1.46. The van der Waals surface area contributed by atoms with E-state index in [-0.39, 0.29) is 12.5 Å². The van der Waals surface area contributed by atoms with Crippen molar-refractivity contribution in [2.24, 2.45) is 5.92 Å². The van der Waals surface area contributed by atoms with Crippen LogP contribution in [0.5, 0.6) is 0 Å². The second kappa shape index (κ2) is 6.84. The fraction of sp³-hybridized carbons (Fsp3) is 0.385. The molecule has 0 spiro atoms. The third-order valence-corrected chi connectivity index (χ3v) is 2.52. The summed E-state index contributed by atoms with van der Waals surface area (Å²) in [5.74, 6) is -2.01. The minimum atomic E-state index is -1.01. The molecule has 1 unspecified atom stereocenters. The Hall–Kier alpha value is -1.95. The summed E-state index contributed by atoms with van der Waals surface area (Å²) in [5, 5.41) is 14.1. The van der Waals surface area contributed by atoms with Crippen molar-refractivity contribution in [2.45, 2.75) is 19.9 Å². The smallest absolute Gasteiger partial charge is 0.320 e. The van der Waals surface area contributed by atoms with Gasteiger partial charge in [0.15, 0.2) is 0 Å². The van der Waals surface area contributed by atoms with Gasteiger partial charge in [-0.3, -0.25) is 14.9 Å². The van der Waals surface area contributed by atoms with E-state index in [4.69, 9.17) is 5.11 Å². The van der Waals surface area contributed by atoms with Gasteiger partial charge in [0.2, 0.25) is 5.91 Å². The van der Waals surface area contributed by atoms with Crippen LogP contribution in [0.25, 0.3) is 0 Å². The molecule has 1 aromatic rings. The molecule has 0 aliphatic heterocycles. The Balaban J connectivity index is 2.50. The van der Waals surface area contributed by atoms with Crippen molar-refractivity contribution >= 4 is 17.6 Å². The van der Waals surface area contributed by atoms with Gasteiger partial charge in [0, 0.05) is 5.69 Å². The van der Waals surface area contributed by atoms with Crippen LogP contribution in [-0.4, -0.2) is 29.6 Å². The van der Waals surface area contributed by atoms with Crippen LogP contribution in [-0.2, 0) is 9.59 Å². The van der Waals surface area contributed by atoms with Crippen molar-refractivity contribution in [3.63, 3.8) is 0 Å². The number of nitrogens with one attached hydrogen (secondary N) is 2. The van der Waals surface area contributed by atoms with E-state index in [2.05, 4.69) is 10.6 Å². The zero-order valence-corrected chi connectivity index (χ0v) is 10.8. The van der Waals surface area contributed by atoms with Gasteiger partial charge in [0.1, 0.15) is 11.9 Å². The van der Waals surface area contributed by atoms with Gasteiger partial charge < -0.3 is 10.4 Å². The number of rotatable bonds is 6. The van der Waals surface area contributed by atoms with Gasteiger partial charge in [-0.25, -0.2) is 4.39 Å². The van der Waals surface area contributed by atoms with E-state index < -0.39 is 23.7 Å². The van der Waals surface area contributed by atoms with Gasteiger partial charge in [0.25, 0.3) is 0 Å². The zero-order valence-electron chi connectivity index (χ0n) is 10.8. The summed E-state index contributed by atoms with van der Waals surface area (Å²) in [6, 6.07) is 4.70. The monoisotopic (exact) mass is 268 g/mol. The third-order valence-electron chi connectivity index (χ3n) is 2.52. The normalized spacial score (nSPS) is 12.2. The highest BCUT2D eigenvalue weighted by Gasteiger charge is 2.21. The Morgan fingerprint density at radius 2 is 2.05 bits per heavy atom. The number of aliphatic carboxylic acids is 1. The highest BCUT2D eigenvalue weighted by molar-refractivity contribution is 5.92. The predicted molar refractivity (Wildman–Crippen MR) is 69.3 cm³/mol. The third kappa shape index (κ3) is 5.05. The van der Waals surface area contributed by atoms with Crippen molar-refractivity contribution in [2.75, 3.05) is 11.9 Å². The topological polar surface area (TPSA) is 78.4 Å². The molecule has 0 saturated heterocycles. The molecular formula is C13H17FN2O3. The molecule has 5 nitrogen and oxygen atoms in total. The maximum absolute atomic E-state index is 12.9. The van der Waals surface area contributed by atoms with Crippen molar-refractivity contribution in [3.05, 3.63) is 30.1 Å². The van der Waals surface area contributed by atoms with Crippen LogP contribution in [0.2, 0.25) is 0 Å². The Morgan fingerprint density at radius 1 is 1.37 bits per heavy atom. The number of amides is 1.